The third kappa shape index (κ3) is 5.38. The van der Waals surface area contributed by atoms with Crippen LogP contribution >= 0.6 is 11.3 Å². The van der Waals surface area contributed by atoms with Crippen LogP contribution in [0.3, 0.4) is 0 Å². The lowest BCUT2D eigenvalue weighted by molar-refractivity contribution is -0.131. The molecule has 7 heteroatoms. The van der Waals surface area contributed by atoms with E-state index in [0.29, 0.717) is 26.3 Å². The highest BCUT2D eigenvalue weighted by Gasteiger charge is 2.15. The average Bonchev–Trinajstić information content (AvgIpc) is 3.04. The van der Waals surface area contributed by atoms with Crippen molar-refractivity contribution in [1.82, 2.24) is 14.9 Å². The van der Waals surface area contributed by atoms with Crippen LogP contribution in [0.4, 0.5) is 0 Å². The highest BCUT2D eigenvalue weighted by Crippen LogP contribution is 2.22. The predicted molar refractivity (Wildman–Crippen MR) is 89.4 cm³/mol. The number of hydrogen-bond donors (Lipinski definition) is 0. The molecule has 0 aliphatic carbocycles. The molecule has 6 nitrogen and oxygen atoms in total. The molecule has 0 saturated carbocycles. The van der Waals surface area contributed by atoms with E-state index in [2.05, 4.69) is 9.97 Å². The molecule has 1 amide bonds. The Labute approximate surface area is 140 Å². The zero-order valence-electron chi connectivity index (χ0n) is 13.4. The van der Waals surface area contributed by atoms with Gasteiger partial charge >= 0.3 is 0 Å². The Morgan fingerprint density at radius 1 is 1.26 bits per heavy atom. The molecule has 0 fully saturated rings. The summed E-state index contributed by atoms with van der Waals surface area (Å²) in [4.78, 5) is 22.8. The molecule has 2 rings (SSSR count). The zero-order chi connectivity index (χ0) is 16.5. The van der Waals surface area contributed by atoms with Crippen molar-refractivity contribution in [2.45, 2.75) is 6.42 Å². The molecule has 2 aromatic rings. The summed E-state index contributed by atoms with van der Waals surface area (Å²) in [6.45, 7) is 2.12. The summed E-state index contributed by atoms with van der Waals surface area (Å²) in [5, 5.41) is 2.80. The lowest BCUT2D eigenvalue weighted by atomic mass is 10.2. The summed E-state index contributed by atoms with van der Waals surface area (Å²) in [5.41, 5.74) is 1.74. The van der Waals surface area contributed by atoms with Crippen LogP contribution in [-0.4, -0.2) is 61.3 Å². The standard InChI is InChI=1S/C16H21N3O3S/c1-21-8-6-19(7-9-22-2)15(20)10-14-12-23-16(18-14)13-4-3-5-17-11-13/h3-5,11-12H,6-10H2,1-2H3. The number of carbonyl (C=O) groups excluding carboxylic acids is 1. The van der Waals surface area contributed by atoms with Crippen molar-refractivity contribution in [3.05, 3.63) is 35.6 Å². The number of ether oxygens (including phenoxy) is 2. The van der Waals surface area contributed by atoms with Gasteiger partial charge in [0.1, 0.15) is 5.01 Å². The Morgan fingerprint density at radius 2 is 2.00 bits per heavy atom. The van der Waals surface area contributed by atoms with Crippen LogP contribution in [0.25, 0.3) is 10.6 Å². The van der Waals surface area contributed by atoms with Gasteiger partial charge in [-0.2, -0.15) is 0 Å². The predicted octanol–water partition coefficient (Wildman–Crippen LogP) is 1.87. The van der Waals surface area contributed by atoms with Gasteiger partial charge in [-0.25, -0.2) is 4.98 Å². The van der Waals surface area contributed by atoms with Gasteiger partial charge in [0.2, 0.25) is 5.91 Å². The maximum absolute atomic E-state index is 12.4. The van der Waals surface area contributed by atoms with Crippen LogP contribution in [0.2, 0.25) is 0 Å². The first kappa shape index (κ1) is 17.5. The second-order valence-electron chi connectivity index (χ2n) is 4.93. The van der Waals surface area contributed by atoms with Crippen LogP contribution in [0.5, 0.6) is 0 Å². The van der Waals surface area contributed by atoms with Crippen molar-refractivity contribution < 1.29 is 14.3 Å². The fourth-order valence-corrected chi connectivity index (χ4v) is 2.85. The third-order valence-electron chi connectivity index (χ3n) is 3.28. The van der Waals surface area contributed by atoms with Gasteiger partial charge in [0.15, 0.2) is 0 Å². The fourth-order valence-electron chi connectivity index (χ4n) is 2.04. The minimum atomic E-state index is 0.0298. The van der Waals surface area contributed by atoms with Gasteiger partial charge in [-0.05, 0) is 12.1 Å². The SMILES string of the molecule is COCCN(CCOC)C(=O)Cc1csc(-c2cccnc2)n1. The highest BCUT2D eigenvalue weighted by atomic mass is 32.1. The summed E-state index contributed by atoms with van der Waals surface area (Å²) in [5.74, 6) is 0.0298. The largest absolute Gasteiger partial charge is 0.383 e. The quantitative estimate of drug-likeness (QED) is 0.700. The van der Waals surface area contributed by atoms with E-state index in [1.54, 1.807) is 31.5 Å². The molecule has 0 N–H and O–H groups in total. The van der Waals surface area contributed by atoms with Crippen molar-refractivity contribution in [3.63, 3.8) is 0 Å². The molecule has 0 aliphatic rings. The fraction of sp³-hybridized carbons (Fsp3) is 0.438. The molecule has 0 unspecified atom stereocenters. The topological polar surface area (TPSA) is 64.6 Å². The van der Waals surface area contributed by atoms with Crippen LogP contribution in [0.15, 0.2) is 29.9 Å². The van der Waals surface area contributed by atoms with Gasteiger partial charge in [0.05, 0.1) is 25.3 Å². The number of pyridine rings is 1. The second-order valence-corrected chi connectivity index (χ2v) is 5.79. The van der Waals surface area contributed by atoms with E-state index in [0.717, 1.165) is 16.3 Å². The van der Waals surface area contributed by atoms with E-state index in [1.165, 1.54) is 11.3 Å². The Hall–Kier alpha value is -1.83. The minimum Gasteiger partial charge on any atom is -0.383 e. The summed E-state index contributed by atoms with van der Waals surface area (Å²) in [6, 6.07) is 3.83. The summed E-state index contributed by atoms with van der Waals surface area (Å²) >= 11 is 1.52. The number of aromatic nitrogens is 2. The van der Waals surface area contributed by atoms with Crippen LogP contribution in [-0.2, 0) is 20.7 Å². The van der Waals surface area contributed by atoms with Gasteiger partial charge in [-0.15, -0.1) is 11.3 Å². The maximum atomic E-state index is 12.4. The highest BCUT2D eigenvalue weighted by molar-refractivity contribution is 7.13. The molecule has 0 saturated heterocycles. The molecule has 2 heterocycles. The molecule has 0 radical (unpaired) electrons. The van der Waals surface area contributed by atoms with Gasteiger partial charge in [0.25, 0.3) is 0 Å². The first-order chi connectivity index (χ1) is 11.2. The van der Waals surface area contributed by atoms with Crippen LogP contribution in [0.1, 0.15) is 5.69 Å². The number of nitrogens with zero attached hydrogens (tertiary/aromatic N) is 3. The number of hydrogen-bond acceptors (Lipinski definition) is 6. The monoisotopic (exact) mass is 335 g/mol. The second kappa shape index (κ2) is 9.34. The van der Waals surface area contributed by atoms with E-state index in [1.807, 2.05) is 17.5 Å². The van der Waals surface area contributed by atoms with E-state index in [-0.39, 0.29) is 12.3 Å². The summed E-state index contributed by atoms with van der Waals surface area (Å²) in [7, 11) is 3.25. The molecule has 2 aromatic heterocycles. The number of thiazole rings is 1. The molecule has 0 bridgehead atoms. The molecule has 0 aliphatic heterocycles. The first-order valence-corrected chi connectivity index (χ1v) is 8.23. The van der Waals surface area contributed by atoms with Gasteiger partial charge < -0.3 is 14.4 Å². The normalized spacial score (nSPS) is 10.7. The number of amides is 1. The van der Waals surface area contributed by atoms with Gasteiger partial charge in [-0.1, -0.05) is 0 Å². The summed E-state index contributed by atoms with van der Waals surface area (Å²) < 4.78 is 10.1. The Bertz CT molecular complexity index is 596. The molecule has 0 aromatic carbocycles. The van der Waals surface area contributed by atoms with Crippen molar-refractivity contribution in [2.24, 2.45) is 0 Å². The Morgan fingerprint density at radius 3 is 2.61 bits per heavy atom. The Balaban J connectivity index is 1.99. The minimum absolute atomic E-state index is 0.0298. The average molecular weight is 335 g/mol. The van der Waals surface area contributed by atoms with Crippen molar-refractivity contribution in [2.75, 3.05) is 40.5 Å². The lowest BCUT2D eigenvalue weighted by Gasteiger charge is -2.21. The van der Waals surface area contributed by atoms with Crippen molar-refractivity contribution in [3.8, 4) is 10.6 Å². The number of methoxy groups -OCH3 is 2. The molecule has 124 valence electrons. The molecular formula is C16H21N3O3S. The van der Waals surface area contributed by atoms with Crippen LogP contribution in [0, 0.1) is 0 Å². The third-order valence-corrected chi connectivity index (χ3v) is 4.22. The first-order valence-electron chi connectivity index (χ1n) is 7.35. The number of rotatable bonds is 9. The van der Waals surface area contributed by atoms with Crippen LogP contribution < -0.4 is 0 Å². The van der Waals surface area contributed by atoms with E-state index < -0.39 is 0 Å². The summed E-state index contributed by atoms with van der Waals surface area (Å²) in [6.07, 6.45) is 3.78. The smallest absolute Gasteiger partial charge is 0.228 e. The number of carbonyl (C=O) groups is 1. The Kier molecular flexibility index (Phi) is 7.12. The van der Waals surface area contributed by atoms with E-state index >= 15 is 0 Å². The van der Waals surface area contributed by atoms with Gasteiger partial charge in [-0.3, -0.25) is 9.78 Å². The maximum Gasteiger partial charge on any atom is 0.228 e. The van der Waals surface area contributed by atoms with E-state index in [4.69, 9.17) is 9.47 Å². The van der Waals surface area contributed by atoms with Gasteiger partial charge in [0, 0.05) is 50.6 Å². The molecule has 0 spiro atoms. The lowest BCUT2D eigenvalue weighted by Crippen LogP contribution is -2.37. The van der Waals surface area contributed by atoms with Crippen molar-refractivity contribution in [1.29, 1.82) is 0 Å². The molecule has 23 heavy (non-hydrogen) atoms. The molecule has 0 atom stereocenters. The van der Waals surface area contributed by atoms with Crippen molar-refractivity contribution >= 4 is 17.2 Å². The molecular weight excluding hydrogens is 314 g/mol. The van der Waals surface area contributed by atoms with E-state index in [9.17, 15) is 4.79 Å². The zero-order valence-corrected chi connectivity index (χ0v) is 14.2.